The molecule has 0 unspecified atom stereocenters. The summed E-state index contributed by atoms with van der Waals surface area (Å²) in [5.74, 6) is 1.85. The molecule has 0 spiro atoms. The van der Waals surface area contributed by atoms with Gasteiger partial charge in [-0.15, -0.1) is 0 Å². The third kappa shape index (κ3) is 5.43. The fraction of sp³-hybridized carbons (Fsp3) is 0.360. The van der Waals surface area contributed by atoms with Gasteiger partial charge in [0.15, 0.2) is 0 Å². The van der Waals surface area contributed by atoms with Crippen molar-refractivity contribution in [3.8, 4) is 5.75 Å². The van der Waals surface area contributed by atoms with Gasteiger partial charge in [-0.05, 0) is 42.5 Å². The van der Waals surface area contributed by atoms with E-state index in [1.54, 1.807) is 12.3 Å². The molecule has 3 aromatic rings. The van der Waals surface area contributed by atoms with E-state index in [2.05, 4.69) is 42.4 Å². The average molecular weight is 460 g/mol. The predicted molar refractivity (Wildman–Crippen MR) is 133 cm³/mol. The Bertz CT molecular complexity index is 1130. The molecule has 176 valence electrons. The number of anilines is 3. The van der Waals surface area contributed by atoms with Crippen molar-refractivity contribution in [1.29, 1.82) is 0 Å². The van der Waals surface area contributed by atoms with Crippen LogP contribution in [0.3, 0.4) is 0 Å². The number of phenolic OH excluding ortho intramolecular Hbond substituents is 1. The molecular formula is C25H29N7O2. The molecule has 2 fully saturated rings. The van der Waals surface area contributed by atoms with Crippen molar-refractivity contribution in [3.63, 3.8) is 0 Å². The van der Waals surface area contributed by atoms with E-state index in [0.29, 0.717) is 36.6 Å². The quantitative estimate of drug-likeness (QED) is 0.411. The van der Waals surface area contributed by atoms with E-state index in [9.17, 15) is 5.11 Å². The highest BCUT2D eigenvalue weighted by Gasteiger charge is 2.21. The molecule has 2 N–H and O–H groups in total. The van der Waals surface area contributed by atoms with Crippen molar-refractivity contribution >= 4 is 24.1 Å². The fourth-order valence-corrected chi connectivity index (χ4v) is 4.18. The largest absolute Gasteiger partial charge is 0.507 e. The molecular weight excluding hydrogens is 430 g/mol. The maximum Gasteiger partial charge on any atom is 0.250 e. The number of aromatic hydroxyl groups is 1. The summed E-state index contributed by atoms with van der Waals surface area (Å²) in [5.41, 5.74) is 5.88. The van der Waals surface area contributed by atoms with Gasteiger partial charge >= 0.3 is 0 Å². The summed E-state index contributed by atoms with van der Waals surface area (Å²) >= 11 is 0. The molecule has 5 rings (SSSR count). The zero-order chi connectivity index (χ0) is 23.2. The number of hydrogen-bond donors (Lipinski definition) is 2. The normalized spacial score (nSPS) is 16.4. The summed E-state index contributed by atoms with van der Waals surface area (Å²) in [6, 6.07) is 15.8. The van der Waals surface area contributed by atoms with Gasteiger partial charge in [0.1, 0.15) is 5.75 Å². The summed E-state index contributed by atoms with van der Waals surface area (Å²) in [4.78, 5) is 18.2. The SMILES string of the molecule is Oc1ccc(Cc2ccccc2)cc1/C=N\Nc1nc(N2CCCC2)nc(N2CCOCC2)n1. The maximum atomic E-state index is 10.3. The smallest absolute Gasteiger partial charge is 0.250 e. The first-order chi connectivity index (χ1) is 16.7. The van der Waals surface area contributed by atoms with Gasteiger partial charge in [0.05, 0.1) is 19.4 Å². The molecule has 0 radical (unpaired) electrons. The standard InChI is InChI=1S/C25H29N7O2/c33-22-9-8-20(16-19-6-2-1-3-7-19)17-21(22)18-26-30-23-27-24(31-10-4-5-11-31)29-25(28-23)32-12-14-34-15-13-32/h1-3,6-9,17-18,33H,4-5,10-16H2,(H,27,28,29,30)/b26-18-. The minimum atomic E-state index is 0.171. The molecule has 34 heavy (non-hydrogen) atoms. The number of ether oxygens (including phenoxy) is 1. The summed E-state index contributed by atoms with van der Waals surface area (Å²) in [6.07, 6.45) is 4.65. The van der Waals surface area contributed by atoms with Crippen LogP contribution in [0, 0.1) is 0 Å². The molecule has 3 heterocycles. The molecule has 0 amide bonds. The third-order valence-corrected chi connectivity index (χ3v) is 6.01. The van der Waals surface area contributed by atoms with Gasteiger partial charge in [-0.1, -0.05) is 36.4 Å². The number of aromatic nitrogens is 3. The first-order valence-electron chi connectivity index (χ1n) is 11.7. The first-order valence-corrected chi connectivity index (χ1v) is 11.7. The molecule has 9 nitrogen and oxygen atoms in total. The second kappa shape index (κ2) is 10.5. The third-order valence-electron chi connectivity index (χ3n) is 6.01. The Balaban J connectivity index is 1.34. The van der Waals surface area contributed by atoms with E-state index in [-0.39, 0.29) is 5.75 Å². The number of hydrogen-bond acceptors (Lipinski definition) is 9. The summed E-state index contributed by atoms with van der Waals surface area (Å²) in [6.45, 7) is 4.69. The van der Waals surface area contributed by atoms with Gasteiger partial charge < -0.3 is 19.6 Å². The molecule has 2 aliphatic rings. The van der Waals surface area contributed by atoms with Gasteiger partial charge in [-0.25, -0.2) is 5.43 Å². The number of hydrazone groups is 1. The molecule has 0 aliphatic carbocycles. The highest BCUT2D eigenvalue weighted by molar-refractivity contribution is 5.84. The van der Waals surface area contributed by atoms with E-state index >= 15 is 0 Å². The van der Waals surface area contributed by atoms with Crippen molar-refractivity contribution in [2.75, 3.05) is 54.6 Å². The minimum Gasteiger partial charge on any atom is -0.507 e. The van der Waals surface area contributed by atoms with Crippen LogP contribution in [0.25, 0.3) is 0 Å². The Morgan fingerprint density at radius 2 is 1.59 bits per heavy atom. The predicted octanol–water partition coefficient (Wildman–Crippen LogP) is 3.05. The molecule has 2 aliphatic heterocycles. The average Bonchev–Trinajstić information content (AvgIpc) is 3.42. The molecule has 0 atom stereocenters. The van der Waals surface area contributed by atoms with Crippen molar-refractivity contribution in [2.24, 2.45) is 5.10 Å². The van der Waals surface area contributed by atoms with Crippen molar-refractivity contribution in [1.82, 2.24) is 15.0 Å². The van der Waals surface area contributed by atoms with Crippen molar-refractivity contribution in [3.05, 3.63) is 65.2 Å². The second-order valence-corrected chi connectivity index (χ2v) is 8.48. The van der Waals surface area contributed by atoms with Crippen LogP contribution in [0.5, 0.6) is 5.75 Å². The van der Waals surface area contributed by atoms with Gasteiger partial charge in [-0.3, -0.25) is 0 Å². The molecule has 0 saturated carbocycles. The topological polar surface area (TPSA) is 99.0 Å². The van der Waals surface area contributed by atoms with E-state index in [4.69, 9.17) is 9.72 Å². The van der Waals surface area contributed by atoms with Crippen LogP contribution in [-0.2, 0) is 11.2 Å². The second-order valence-electron chi connectivity index (χ2n) is 8.48. The van der Waals surface area contributed by atoms with Crippen LogP contribution in [0.1, 0.15) is 29.5 Å². The van der Waals surface area contributed by atoms with Crippen LogP contribution in [0.2, 0.25) is 0 Å². The van der Waals surface area contributed by atoms with Crippen molar-refractivity contribution < 1.29 is 9.84 Å². The number of morpholine rings is 1. The molecule has 2 aromatic carbocycles. The van der Waals surface area contributed by atoms with Crippen LogP contribution >= 0.6 is 0 Å². The minimum absolute atomic E-state index is 0.171. The number of phenols is 1. The number of nitrogens with zero attached hydrogens (tertiary/aromatic N) is 6. The lowest BCUT2D eigenvalue weighted by molar-refractivity contribution is 0.122. The molecule has 0 bridgehead atoms. The number of rotatable bonds is 7. The lowest BCUT2D eigenvalue weighted by atomic mass is 10.0. The monoisotopic (exact) mass is 459 g/mol. The van der Waals surface area contributed by atoms with Gasteiger partial charge in [0.2, 0.25) is 17.8 Å². The highest BCUT2D eigenvalue weighted by atomic mass is 16.5. The molecule has 1 aromatic heterocycles. The summed E-state index contributed by atoms with van der Waals surface area (Å²) < 4.78 is 5.47. The fourth-order valence-electron chi connectivity index (χ4n) is 4.18. The zero-order valence-corrected chi connectivity index (χ0v) is 19.1. The van der Waals surface area contributed by atoms with Crippen molar-refractivity contribution in [2.45, 2.75) is 19.3 Å². The summed E-state index contributed by atoms with van der Waals surface area (Å²) in [5, 5.41) is 14.6. The van der Waals surface area contributed by atoms with Gasteiger partial charge in [-0.2, -0.15) is 20.1 Å². The number of benzene rings is 2. The Morgan fingerprint density at radius 3 is 2.32 bits per heavy atom. The van der Waals surface area contributed by atoms with Gasteiger partial charge in [0.25, 0.3) is 0 Å². The number of nitrogens with one attached hydrogen (secondary N) is 1. The van der Waals surface area contributed by atoms with Crippen LogP contribution < -0.4 is 15.2 Å². The Hall–Kier alpha value is -3.72. The van der Waals surface area contributed by atoms with Crippen LogP contribution in [-0.4, -0.2) is 65.7 Å². The Morgan fingerprint density at radius 1 is 0.882 bits per heavy atom. The highest BCUT2D eigenvalue weighted by Crippen LogP contribution is 2.22. The zero-order valence-electron chi connectivity index (χ0n) is 19.1. The van der Waals surface area contributed by atoms with E-state index in [1.807, 2.05) is 30.3 Å². The Kier molecular flexibility index (Phi) is 6.81. The van der Waals surface area contributed by atoms with Crippen LogP contribution in [0.4, 0.5) is 17.8 Å². The van der Waals surface area contributed by atoms with E-state index in [0.717, 1.165) is 51.0 Å². The first kappa shape index (κ1) is 22.1. The van der Waals surface area contributed by atoms with E-state index in [1.165, 1.54) is 5.56 Å². The molecule has 2 saturated heterocycles. The Labute approximate surface area is 199 Å². The van der Waals surface area contributed by atoms with Gasteiger partial charge in [0, 0.05) is 31.7 Å². The molecule has 9 heteroatoms. The van der Waals surface area contributed by atoms with E-state index < -0.39 is 0 Å². The van der Waals surface area contributed by atoms with Crippen LogP contribution in [0.15, 0.2) is 53.6 Å². The lowest BCUT2D eigenvalue weighted by Gasteiger charge is -2.27. The summed E-state index contributed by atoms with van der Waals surface area (Å²) in [7, 11) is 0. The lowest BCUT2D eigenvalue weighted by Crippen LogP contribution is -2.38. The maximum absolute atomic E-state index is 10.3.